The minimum absolute atomic E-state index is 0.226. The molecule has 0 aromatic heterocycles. The molecule has 4 N–H and O–H groups in total. The summed E-state index contributed by atoms with van der Waals surface area (Å²) < 4.78 is 0. The highest BCUT2D eigenvalue weighted by atomic mass is 16.2. The molecule has 0 saturated heterocycles. The van der Waals surface area contributed by atoms with Gasteiger partial charge in [-0.1, -0.05) is 6.92 Å². The average Bonchev–Trinajstić information content (AvgIpc) is 2.15. The van der Waals surface area contributed by atoms with Crippen molar-refractivity contribution >= 4 is 11.8 Å². The molecule has 14 heavy (non-hydrogen) atoms. The van der Waals surface area contributed by atoms with Crippen molar-refractivity contribution in [2.75, 3.05) is 7.05 Å². The average molecular weight is 201 g/mol. The molecule has 0 heterocycles. The number of primary amides is 1. The number of amides is 2. The molecule has 5 nitrogen and oxygen atoms in total. The van der Waals surface area contributed by atoms with Crippen LogP contribution in [0.3, 0.4) is 0 Å². The number of likely N-dealkylation sites (N-methyl/N-ethyl adjacent to an activating group) is 1. The van der Waals surface area contributed by atoms with Gasteiger partial charge in [0.15, 0.2) is 0 Å². The second kappa shape index (κ2) is 4.95. The molecule has 2 atom stereocenters. The Bertz CT molecular complexity index is 230. The molecule has 2 amide bonds. The fourth-order valence-corrected chi connectivity index (χ4v) is 0.835. The zero-order valence-electron chi connectivity index (χ0n) is 9.18. The minimum atomic E-state index is -0.956. The fourth-order valence-electron chi connectivity index (χ4n) is 0.835. The molecular weight excluding hydrogens is 182 g/mol. The van der Waals surface area contributed by atoms with Crippen LogP contribution in [0.25, 0.3) is 0 Å². The van der Waals surface area contributed by atoms with E-state index in [1.165, 1.54) is 0 Å². The molecule has 0 aliphatic rings. The standard InChI is InChI=1S/C9H19N3O2/c1-5-9(3,8(10)14)12-7(13)6(2)11-4/h6,11H,5H2,1-4H3,(H2,10,14)(H,12,13). The van der Waals surface area contributed by atoms with Gasteiger partial charge in [0.1, 0.15) is 5.54 Å². The summed E-state index contributed by atoms with van der Waals surface area (Å²) in [6.45, 7) is 5.14. The number of nitrogens with one attached hydrogen (secondary N) is 2. The number of carbonyl (C=O) groups is 2. The Labute approximate surface area is 84.4 Å². The van der Waals surface area contributed by atoms with E-state index in [1.807, 2.05) is 0 Å². The van der Waals surface area contributed by atoms with E-state index in [9.17, 15) is 9.59 Å². The lowest BCUT2D eigenvalue weighted by Gasteiger charge is -2.27. The van der Waals surface area contributed by atoms with E-state index in [2.05, 4.69) is 10.6 Å². The van der Waals surface area contributed by atoms with Gasteiger partial charge in [-0.05, 0) is 27.3 Å². The van der Waals surface area contributed by atoms with E-state index in [0.717, 1.165) is 0 Å². The van der Waals surface area contributed by atoms with Gasteiger partial charge in [0.05, 0.1) is 6.04 Å². The van der Waals surface area contributed by atoms with Gasteiger partial charge in [0.25, 0.3) is 0 Å². The van der Waals surface area contributed by atoms with Crippen LogP contribution in [-0.2, 0) is 9.59 Å². The van der Waals surface area contributed by atoms with Gasteiger partial charge in [0, 0.05) is 0 Å². The fraction of sp³-hybridized carbons (Fsp3) is 0.778. The molecule has 82 valence electrons. The second-order valence-corrected chi connectivity index (χ2v) is 3.55. The van der Waals surface area contributed by atoms with Crippen LogP contribution < -0.4 is 16.4 Å². The van der Waals surface area contributed by atoms with Gasteiger partial charge in [-0.15, -0.1) is 0 Å². The first-order chi connectivity index (χ1) is 6.37. The smallest absolute Gasteiger partial charge is 0.242 e. The third-order valence-corrected chi connectivity index (χ3v) is 2.48. The van der Waals surface area contributed by atoms with Crippen molar-refractivity contribution in [2.24, 2.45) is 5.73 Å². The van der Waals surface area contributed by atoms with E-state index < -0.39 is 11.4 Å². The van der Waals surface area contributed by atoms with Crippen LogP contribution in [0.15, 0.2) is 0 Å². The molecule has 0 fully saturated rings. The summed E-state index contributed by atoms with van der Waals surface area (Å²) in [5.41, 5.74) is 4.24. The summed E-state index contributed by atoms with van der Waals surface area (Å²) in [6.07, 6.45) is 0.477. The first-order valence-corrected chi connectivity index (χ1v) is 4.66. The molecule has 2 unspecified atom stereocenters. The third kappa shape index (κ3) is 2.99. The topological polar surface area (TPSA) is 84.2 Å². The highest BCUT2D eigenvalue weighted by Crippen LogP contribution is 2.08. The van der Waals surface area contributed by atoms with E-state index in [0.29, 0.717) is 6.42 Å². The second-order valence-electron chi connectivity index (χ2n) is 3.55. The van der Waals surface area contributed by atoms with Gasteiger partial charge < -0.3 is 16.4 Å². The lowest BCUT2D eigenvalue weighted by Crippen LogP contribution is -2.58. The van der Waals surface area contributed by atoms with Crippen LogP contribution in [0.4, 0.5) is 0 Å². The number of rotatable bonds is 5. The van der Waals surface area contributed by atoms with Crippen molar-refractivity contribution in [3.8, 4) is 0 Å². The number of hydrogen-bond donors (Lipinski definition) is 3. The van der Waals surface area contributed by atoms with Crippen LogP contribution in [0, 0.1) is 0 Å². The monoisotopic (exact) mass is 201 g/mol. The molecular formula is C9H19N3O2. The van der Waals surface area contributed by atoms with Crippen LogP contribution >= 0.6 is 0 Å². The molecule has 0 radical (unpaired) electrons. The van der Waals surface area contributed by atoms with Crippen molar-refractivity contribution in [1.29, 1.82) is 0 Å². The highest BCUT2D eigenvalue weighted by Gasteiger charge is 2.31. The zero-order valence-corrected chi connectivity index (χ0v) is 9.18. The predicted molar refractivity (Wildman–Crippen MR) is 54.6 cm³/mol. The highest BCUT2D eigenvalue weighted by molar-refractivity contribution is 5.91. The summed E-state index contributed by atoms with van der Waals surface area (Å²) in [5, 5.41) is 5.40. The van der Waals surface area contributed by atoms with Crippen molar-refractivity contribution in [1.82, 2.24) is 10.6 Å². The SMILES string of the molecule is CCC(C)(NC(=O)C(C)NC)C(N)=O. The minimum Gasteiger partial charge on any atom is -0.368 e. The first-order valence-electron chi connectivity index (χ1n) is 4.66. The number of hydrogen-bond acceptors (Lipinski definition) is 3. The molecule has 0 aromatic rings. The largest absolute Gasteiger partial charge is 0.368 e. The predicted octanol–water partition coefficient (Wildman–Crippen LogP) is -0.635. The summed E-state index contributed by atoms with van der Waals surface area (Å²) in [7, 11) is 1.68. The molecule has 0 aliphatic heterocycles. The maximum absolute atomic E-state index is 11.5. The molecule has 0 aliphatic carbocycles. The van der Waals surface area contributed by atoms with E-state index >= 15 is 0 Å². The summed E-state index contributed by atoms with van der Waals surface area (Å²) in [4.78, 5) is 22.6. The lowest BCUT2D eigenvalue weighted by molar-refractivity contribution is -0.131. The lowest BCUT2D eigenvalue weighted by atomic mass is 9.97. The molecule has 0 bridgehead atoms. The van der Waals surface area contributed by atoms with Gasteiger partial charge in [0.2, 0.25) is 11.8 Å². The van der Waals surface area contributed by atoms with Gasteiger partial charge in [-0.2, -0.15) is 0 Å². The summed E-state index contributed by atoms with van der Waals surface area (Å²) >= 11 is 0. The Balaban J connectivity index is 4.47. The zero-order chi connectivity index (χ0) is 11.4. The van der Waals surface area contributed by atoms with Crippen LogP contribution in [0.5, 0.6) is 0 Å². The Kier molecular flexibility index (Phi) is 4.56. The van der Waals surface area contributed by atoms with Crippen LogP contribution in [0.1, 0.15) is 27.2 Å². The maximum atomic E-state index is 11.5. The number of carbonyl (C=O) groups excluding carboxylic acids is 2. The van der Waals surface area contributed by atoms with Gasteiger partial charge in [-0.3, -0.25) is 9.59 Å². The van der Waals surface area contributed by atoms with E-state index in [-0.39, 0.29) is 11.9 Å². The Morgan fingerprint density at radius 3 is 2.29 bits per heavy atom. The Morgan fingerprint density at radius 1 is 1.50 bits per heavy atom. The summed E-state index contributed by atoms with van der Waals surface area (Å²) in [6, 6.07) is -0.333. The quantitative estimate of drug-likeness (QED) is 0.553. The van der Waals surface area contributed by atoms with Gasteiger partial charge in [-0.25, -0.2) is 0 Å². The molecule has 5 heteroatoms. The Morgan fingerprint density at radius 2 is 2.00 bits per heavy atom. The number of nitrogens with two attached hydrogens (primary N) is 1. The third-order valence-electron chi connectivity index (χ3n) is 2.48. The van der Waals surface area contributed by atoms with E-state index in [4.69, 9.17) is 5.73 Å². The van der Waals surface area contributed by atoms with Crippen molar-refractivity contribution in [3.05, 3.63) is 0 Å². The van der Waals surface area contributed by atoms with Crippen LogP contribution in [0.2, 0.25) is 0 Å². The van der Waals surface area contributed by atoms with Crippen LogP contribution in [-0.4, -0.2) is 30.4 Å². The molecule has 0 spiro atoms. The van der Waals surface area contributed by atoms with Crippen molar-refractivity contribution in [2.45, 2.75) is 38.8 Å². The Hall–Kier alpha value is -1.10. The first kappa shape index (κ1) is 12.9. The molecule has 0 saturated carbocycles. The molecule has 0 aromatic carbocycles. The maximum Gasteiger partial charge on any atom is 0.242 e. The van der Waals surface area contributed by atoms with Crippen molar-refractivity contribution in [3.63, 3.8) is 0 Å². The normalized spacial score (nSPS) is 16.9. The molecule has 0 rings (SSSR count). The summed E-state index contributed by atoms with van der Waals surface area (Å²) in [5.74, 6) is -0.743. The van der Waals surface area contributed by atoms with Gasteiger partial charge >= 0.3 is 0 Å². The van der Waals surface area contributed by atoms with Crippen molar-refractivity contribution < 1.29 is 9.59 Å². The van der Waals surface area contributed by atoms with E-state index in [1.54, 1.807) is 27.8 Å².